The summed E-state index contributed by atoms with van der Waals surface area (Å²) in [7, 11) is 0. The molecule has 126 valence electrons. The topological polar surface area (TPSA) is 38.7 Å². The van der Waals surface area contributed by atoms with E-state index in [0.29, 0.717) is 5.41 Å². The molecule has 1 aliphatic rings. The molecule has 0 bridgehead atoms. The van der Waals surface area contributed by atoms with Crippen molar-refractivity contribution in [3.05, 3.63) is 0 Å². The van der Waals surface area contributed by atoms with Gasteiger partial charge < -0.3 is 14.6 Å². The molecule has 21 heavy (non-hydrogen) atoms. The lowest BCUT2D eigenvalue weighted by Gasteiger charge is -2.38. The third kappa shape index (κ3) is 7.12. The highest BCUT2D eigenvalue weighted by atomic mass is 16.6. The lowest BCUT2D eigenvalue weighted by Crippen LogP contribution is -2.34. The van der Waals surface area contributed by atoms with Crippen molar-refractivity contribution in [3.8, 4) is 0 Å². The highest BCUT2D eigenvalue weighted by Crippen LogP contribution is 2.40. The number of rotatable bonds is 5. The summed E-state index contributed by atoms with van der Waals surface area (Å²) in [6, 6.07) is 0. The van der Waals surface area contributed by atoms with Crippen molar-refractivity contribution in [1.29, 1.82) is 0 Å². The molecule has 1 saturated carbocycles. The van der Waals surface area contributed by atoms with Crippen LogP contribution in [0.15, 0.2) is 0 Å². The van der Waals surface area contributed by atoms with Gasteiger partial charge in [-0.15, -0.1) is 0 Å². The molecule has 0 spiro atoms. The maximum Gasteiger partial charge on any atom is 0.178 e. The first-order chi connectivity index (χ1) is 9.49. The van der Waals surface area contributed by atoms with Gasteiger partial charge in [0.25, 0.3) is 0 Å². The van der Waals surface area contributed by atoms with Crippen molar-refractivity contribution >= 4 is 0 Å². The Hall–Kier alpha value is -0.120. The minimum atomic E-state index is -0.823. The number of aliphatic hydroxyl groups excluding tert-OH is 1. The second-order valence-corrected chi connectivity index (χ2v) is 8.71. The summed E-state index contributed by atoms with van der Waals surface area (Å²) < 4.78 is 11.3. The molecule has 3 heteroatoms. The molecule has 2 unspecified atom stereocenters. The van der Waals surface area contributed by atoms with Crippen LogP contribution >= 0.6 is 0 Å². The largest absolute Gasteiger partial charge is 0.373 e. The fourth-order valence-corrected chi connectivity index (χ4v) is 3.12. The first kappa shape index (κ1) is 18.9. The molecule has 0 aromatic heterocycles. The zero-order valence-corrected chi connectivity index (χ0v) is 15.1. The van der Waals surface area contributed by atoms with Crippen LogP contribution < -0.4 is 0 Å². The van der Waals surface area contributed by atoms with Gasteiger partial charge in [0.1, 0.15) is 0 Å². The molecule has 1 aliphatic carbocycles. The molecular formula is C18H36O3. The number of hydrogen-bond acceptors (Lipinski definition) is 3. The molecule has 1 fully saturated rings. The average Bonchev–Trinajstić information content (AvgIpc) is 2.33. The minimum Gasteiger partial charge on any atom is -0.373 e. The van der Waals surface area contributed by atoms with E-state index in [-0.39, 0.29) is 18.3 Å². The van der Waals surface area contributed by atoms with E-state index >= 15 is 0 Å². The number of ether oxygens (including phenoxy) is 2. The van der Waals surface area contributed by atoms with Gasteiger partial charge in [0.2, 0.25) is 0 Å². The van der Waals surface area contributed by atoms with Crippen molar-refractivity contribution in [2.45, 2.75) is 92.1 Å². The molecule has 0 aromatic carbocycles. The summed E-state index contributed by atoms with van der Waals surface area (Å²) in [5.41, 5.74) is 0.0533. The number of hydrogen-bond donors (Lipinski definition) is 1. The summed E-state index contributed by atoms with van der Waals surface area (Å²) in [5, 5.41) is 9.82. The van der Waals surface area contributed by atoms with E-state index in [1.165, 1.54) is 12.8 Å². The van der Waals surface area contributed by atoms with E-state index in [1.54, 1.807) is 0 Å². The third-order valence-electron chi connectivity index (χ3n) is 4.76. The Morgan fingerprint density at radius 3 is 1.95 bits per heavy atom. The Kier molecular flexibility index (Phi) is 6.70. The summed E-state index contributed by atoms with van der Waals surface area (Å²) in [6.45, 7) is 15.5. The second-order valence-electron chi connectivity index (χ2n) is 8.71. The summed E-state index contributed by atoms with van der Waals surface area (Å²) in [5.74, 6) is 1.55. The predicted molar refractivity (Wildman–Crippen MR) is 87.2 cm³/mol. The molecule has 3 nitrogen and oxygen atoms in total. The lowest BCUT2D eigenvalue weighted by molar-refractivity contribution is -0.199. The Morgan fingerprint density at radius 2 is 1.52 bits per heavy atom. The van der Waals surface area contributed by atoms with E-state index in [0.717, 1.165) is 24.7 Å². The molecule has 0 saturated heterocycles. The predicted octanol–water partition coefficient (Wildman–Crippen LogP) is 4.38. The van der Waals surface area contributed by atoms with E-state index in [2.05, 4.69) is 27.7 Å². The van der Waals surface area contributed by atoms with Crippen LogP contribution in [0, 0.1) is 17.3 Å². The van der Waals surface area contributed by atoms with E-state index in [1.807, 2.05) is 20.8 Å². The van der Waals surface area contributed by atoms with Gasteiger partial charge >= 0.3 is 0 Å². The van der Waals surface area contributed by atoms with E-state index in [4.69, 9.17) is 9.47 Å². The number of aliphatic hydroxyl groups is 1. The highest BCUT2D eigenvalue weighted by Gasteiger charge is 2.32. The van der Waals surface area contributed by atoms with Gasteiger partial charge in [-0.05, 0) is 63.7 Å². The summed E-state index contributed by atoms with van der Waals surface area (Å²) >= 11 is 0. The Balaban J connectivity index is 2.28. The molecule has 0 amide bonds. The van der Waals surface area contributed by atoms with E-state index in [9.17, 15) is 5.11 Å². The molecule has 1 rings (SSSR count). The molecule has 0 aromatic rings. The van der Waals surface area contributed by atoms with Crippen LogP contribution in [0.3, 0.4) is 0 Å². The Bertz CT molecular complexity index is 293. The highest BCUT2D eigenvalue weighted by molar-refractivity contribution is 4.82. The van der Waals surface area contributed by atoms with Crippen molar-refractivity contribution < 1.29 is 14.6 Å². The van der Waals surface area contributed by atoms with Crippen LogP contribution in [0.5, 0.6) is 0 Å². The van der Waals surface area contributed by atoms with Crippen molar-refractivity contribution in [1.82, 2.24) is 0 Å². The van der Waals surface area contributed by atoms with Crippen LogP contribution in [0.2, 0.25) is 0 Å². The van der Waals surface area contributed by atoms with Crippen molar-refractivity contribution in [2.24, 2.45) is 17.3 Å². The minimum absolute atomic E-state index is 0.279. The molecule has 2 atom stereocenters. The molecule has 1 N–H and O–H groups in total. The molecule has 0 aliphatic heterocycles. The van der Waals surface area contributed by atoms with Crippen LogP contribution in [0.1, 0.15) is 74.1 Å². The SMILES string of the molecule is CC(C1CCC(OCC(O)OC(C)(C)C)CC1)C(C)(C)C. The fourth-order valence-electron chi connectivity index (χ4n) is 3.12. The van der Waals surface area contributed by atoms with Gasteiger partial charge in [-0.3, -0.25) is 0 Å². The fraction of sp³-hybridized carbons (Fsp3) is 1.00. The van der Waals surface area contributed by atoms with Crippen molar-refractivity contribution in [2.75, 3.05) is 6.61 Å². The zero-order valence-electron chi connectivity index (χ0n) is 15.1. The maximum atomic E-state index is 9.82. The smallest absolute Gasteiger partial charge is 0.178 e. The average molecular weight is 300 g/mol. The normalized spacial score (nSPS) is 27.4. The second kappa shape index (κ2) is 7.43. The quantitative estimate of drug-likeness (QED) is 0.766. The maximum absolute atomic E-state index is 9.82. The summed E-state index contributed by atoms with van der Waals surface area (Å²) in [6.07, 6.45) is 4.14. The molecular weight excluding hydrogens is 264 g/mol. The Morgan fingerprint density at radius 1 is 1.00 bits per heavy atom. The van der Waals surface area contributed by atoms with Gasteiger partial charge in [-0.1, -0.05) is 27.7 Å². The third-order valence-corrected chi connectivity index (χ3v) is 4.76. The molecule has 0 heterocycles. The van der Waals surface area contributed by atoms with Gasteiger partial charge in [0.05, 0.1) is 18.3 Å². The van der Waals surface area contributed by atoms with Gasteiger partial charge in [0.15, 0.2) is 6.29 Å². The van der Waals surface area contributed by atoms with Crippen LogP contribution in [-0.2, 0) is 9.47 Å². The van der Waals surface area contributed by atoms with E-state index < -0.39 is 6.29 Å². The lowest BCUT2D eigenvalue weighted by atomic mass is 9.69. The first-order valence-electron chi connectivity index (χ1n) is 8.46. The summed E-state index contributed by atoms with van der Waals surface area (Å²) in [4.78, 5) is 0. The monoisotopic (exact) mass is 300 g/mol. The van der Waals surface area contributed by atoms with Gasteiger partial charge in [-0.25, -0.2) is 0 Å². The first-order valence-corrected chi connectivity index (χ1v) is 8.46. The van der Waals surface area contributed by atoms with Gasteiger partial charge in [0, 0.05) is 0 Å². The van der Waals surface area contributed by atoms with Crippen LogP contribution in [0.4, 0.5) is 0 Å². The van der Waals surface area contributed by atoms with Crippen molar-refractivity contribution in [3.63, 3.8) is 0 Å². The van der Waals surface area contributed by atoms with Crippen LogP contribution in [-0.4, -0.2) is 29.7 Å². The van der Waals surface area contributed by atoms with Gasteiger partial charge in [-0.2, -0.15) is 0 Å². The zero-order chi connectivity index (χ0) is 16.3. The van der Waals surface area contributed by atoms with Crippen LogP contribution in [0.25, 0.3) is 0 Å². The Labute approximate surface area is 131 Å². The molecule has 0 radical (unpaired) electrons. The standard InChI is InChI=1S/C18H36O3/c1-13(17(2,3)4)14-8-10-15(11-9-14)20-12-16(19)21-18(5,6)7/h13-16,19H,8-12H2,1-7H3.